The maximum absolute atomic E-state index is 10.6. The SMILES string of the molecule is O=C(O)C(Cl)Cn1ncc2ccccc21. The second-order valence-electron chi connectivity index (χ2n) is 3.19. The number of fused-ring (bicyclic) bond motifs is 1. The van der Waals surface area contributed by atoms with Crippen molar-refractivity contribution in [3.8, 4) is 0 Å². The van der Waals surface area contributed by atoms with Gasteiger partial charge in [-0.25, -0.2) is 0 Å². The van der Waals surface area contributed by atoms with Crippen molar-refractivity contribution in [3.05, 3.63) is 30.5 Å². The molecule has 1 aromatic carbocycles. The zero-order valence-electron chi connectivity index (χ0n) is 7.80. The van der Waals surface area contributed by atoms with Crippen molar-refractivity contribution in [1.82, 2.24) is 9.78 Å². The van der Waals surface area contributed by atoms with Crippen molar-refractivity contribution in [2.24, 2.45) is 0 Å². The van der Waals surface area contributed by atoms with E-state index in [0.717, 1.165) is 10.9 Å². The molecule has 0 fully saturated rings. The molecule has 1 aromatic heterocycles. The van der Waals surface area contributed by atoms with Crippen LogP contribution in [0.3, 0.4) is 0 Å². The van der Waals surface area contributed by atoms with E-state index in [1.807, 2.05) is 24.3 Å². The standard InChI is InChI=1S/C10H9ClN2O2/c11-8(10(14)15)6-13-9-4-2-1-3-7(9)5-12-13/h1-5,8H,6H2,(H,14,15). The number of alkyl halides is 1. The van der Waals surface area contributed by atoms with E-state index in [1.165, 1.54) is 0 Å². The van der Waals surface area contributed by atoms with Gasteiger partial charge in [-0.1, -0.05) is 18.2 Å². The lowest BCUT2D eigenvalue weighted by Gasteiger charge is -2.05. The lowest BCUT2D eigenvalue weighted by Crippen LogP contribution is -2.20. The Morgan fingerprint density at radius 1 is 1.53 bits per heavy atom. The van der Waals surface area contributed by atoms with Crippen LogP contribution in [0.25, 0.3) is 10.9 Å². The second kappa shape index (κ2) is 3.90. The van der Waals surface area contributed by atoms with Crippen LogP contribution in [-0.2, 0) is 11.3 Å². The maximum Gasteiger partial charge on any atom is 0.323 e. The smallest absolute Gasteiger partial charge is 0.323 e. The number of aromatic nitrogens is 2. The third kappa shape index (κ3) is 1.94. The summed E-state index contributed by atoms with van der Waals surface area (Å²) >= 11 is 5.65. The Morgan fingerprint density at radius 2 is 2.27 bits per heavy atom. The van der Waals surface area contributed by atoms with E-state index in [1.54, 1.807) is 10.9 Å². The molecule has 1 N–H and O–H groups in total. The minimum Gasteiger partial charge on any atom is -0.480 e. The van der Waals surface area contributed by atoms with Crippen molar-refractivity contribution in [2.75, 3.05) is 0 Å². The number of hydrogen-bond donors (Lipinski definition) is 1. The van der Waals surface area contributed by atoms with Gasteiger partial charge in [0.1, 0.15) is 0 Å². The summed E-state index contributed by atoms with van der Waals surface area (Å²) in [5.41, 5.74) is 0.893. The van der Waals surface area contributed by atoms with Gasteiger partial charge in [-0.15, -0.1) is 11.6 Å². The first-order chi connectivity index (χ1) is 7.18. The molecule has 2 aromatic rings. The molecule has 2 rings (SSSR count). The number of carboxylic acid groups (broad SMARTS) is 1. The van der Waals surface area contributed by atoms with Gasteiger partial charge in [0.25, 0.3) is 0 Å². The van der Waals surface area contributed by atoms with E-state index < -0.39 is 11.3 Å². The summed E-state index contributed by atoms with van der Waals surface area (Å²) in [4.78, 5) is 10.6. The number of hydrogen-bond acceptors (Lipinski definition) is 2. The topological polar surface area (TPSA) is 55.1 Å². The quantitative estimate of drug-likeness (QED) is 0.808. The highest BCUT2D eigenvalue weighted by molar-refractivity contribution is 6.29. The van der Waals surface area contributed by atoms with Crippen molar-refractivity contribution in [1.29, 1.82) is 0 Å². The molecule has 0 saturated carbocycles. The second-order valence-corrected chi connectivity index (χ2v) is 3.72. The highest BCUT2D eigenvalue weighted by atomic mass is 35.5. The Morgan fingerprint density at radius 3 is 3.00 bits per heavy atom. The third-order valence-corrected chi connectivity index (χ3v) is 2.48. The lowest BCUT2D eigenvalue weighted by atomic mass is 10.2. The fourth-order valence-electron chi connectivity index (χ4n) is 1.40. The molecule has 0 saturated heterocycles. The van der Waals surface area contributed by atoms with Gasteiger partial charge >= 0.3 is 5.97 Å². The summed E-state index contributed by atoms with van der Waals surface area (Å²) in [6.45, 7) is 0.171. The van der Waals surface area contributed by atoms with Crippen LogP contribution in [0.15, 0.2) is 30.5 Å². The van der Waals surface area contributed by atoms with Crippen LogP contribution in [0.1, 0.15) is 0 Å². The number of carbonyl (C=O) groups is 1. The molecule has 0 radical (unpaired) electrons. The highest BCUT2D eigenvalue weighted by Crippen LogP contribution is 2.14. The van der Waals surface area contributed by atoms with Crippen LogP contribution in [0.4, 0.5) is 0 Å². The monoisotopic (exact) mass is 224 g/mol. The summed E-state index contributed by atoms with van der Waals surface area (Å²) in [6.07, 6.45) is 1.70. The molecule has 4 nitrogen and oxygen atoms in total. The molecule has 0 bridgehead atoms. The van der Waals surface area contributed by atoms with Gasteiger partial charge in [-0.2, -0.15) is 5.10 Å². The first-order valence-electron chi connectivity index (χ1n) is 4.46. The Kier molecular flexibility index (Phi) is 2.60. The van der Waals surface area contributed by atoms with Gasteiger partial charge in [0.15, 0.2) is 5.38 Å². The fraction of sp³-hybridized carbons (Fsp3) is 0.200. The van der Waals surface area contributed by atoms with Gasteiger partial charge in [-0.3, -0.25) is 9.48 Å². The van der Waals surface area contributed by atoms with Crippen LogP contribution in [0, 0.1) is 0 Å². The zero-order valence-corrected chi connectivity index (χ0v) is 8.55. The largest absolute Gasteiger partial charge is 0.480 e. The minimum absolute atomic E-state index is 0.171. The van der Waals surface area contributed by atoms with Gasteiger partial charge < -0.3 is 5.11 Å². The molecular formula is C10H9ClN2O2. The third-order valence-electron chi connectivity index (χ3n) is 2.15. The molecule has 0 spiro atoms. The van der Waals surface area contributed by atoms with Crippen molar-refractivity contribution < 1.29 is 9.90 Å². The molecule has 0 aliphatic rings. The van der Waals surface area contributed by atoms with Crippen LogP contribution >= 0.6 is 11.6 Å². The van der Waals surface area contributed by atoms with Crippen molar-refractivity contribution >= 4 is 28.5 Å². The molecule has 15 heavy (non-hydrogen) atoms. The normalized spacial score (nSPS) is 12.9. The Hall–Kier alpha value is -1.55. The molecular weight excluding hydrogens is 216 g/mol. The molecule has 1 heterocycles. The Bertz CT molecular complexity index is 495. The molecule has 5 heteroatoms. The summed E-state index contributed by atoms with van der Waals surface area (Å²) in [5, 5.41) is 12.8. The Balaban J connectivity index is 2.32. The predicted octanol–water partition coefficient (Wildman–Crippen LogP) is 1.73. The molecule has 78 valence electrons. The molecule has 0 aliphatic heterocycles. The van der Waals surface area contributed by atoms with E-state index in [0.29, 0.717) is 0 Å². The molecule has 1 unspecified atom stereocenters. The lowest BCUT2D eigenvalue weighted by molar-refractivity contribution is -0.136. The number of benzene rings is 1. The molecule has 1 atom stereocenters. The average molecular weight is 225 g/mol. The fourth-order valence-corrected chi connectivity index (χ4v) is 1.53. The highest BCUT2D eigenvalue weighted by Gasteiger charge is 2.15. The summed E-state index contributed by atoms with van der Waals surface area (Å²) in [5.74, 6) is -1.03. The summed E-state index contributed by atoms with van der Waals surface area (Å²) in [6, 6.07) is 7.59. The average Bonchev–Trinajstić information content (AvgIpc) is 2.62. The van der Waals surface area contributed by atoms with Crippen LogP contribution in [-0.4, -0.2) is 26.2 Å². The van der Waals surface area contributed by atoms with Gasteiger partial charge in [-0.05, 0) is 6.07 Å². The van der Waals surface area contributed by atoms with Crippen LogP contribution in [0.2, 0.25) is 0 Å². The number of aliphatic carboxylic acids is 1. The number of carboxylic acids is 1. The number of nitrogens with zero attached hydrogens (tertiary/aromatic N) is 2. The van der Waals surface area contributed by atoms with Crippen molar-refractivity contribution in [2.45, 2.75) is 11.9 Å². The first kappa shape index (κ1) is 9.98. The van der Waals surface area contributed by atoms with Gasteiger partial charge in [0.2, 0.25) is 0 Å². The minimum atomic E-state index is -1.03. The molecule has 0 amide bonds. The van der Waals surface area contributed by atoms with Crippen LogP contribution in [0.5, 0.6) is 0 Å². The van der Waals surface area contributed by atoms with E-state index in [4.69, 9.17) is 16.7 Å². The summed E-state index contributed by atoms with van der Waals surface area (Å²) in [7, 11) is 0. The first-order valence-corrected chi connectivity index (χ1v) is 4.89. The molecule has 0 aliphatic carbocycles. The number of para-hydroxylation sites is 1. The Labute approximate surface area is 91.1 Å². The zero-order chi connectivity index (χ0) is 10.8. The number of rotatable bonds is 3. The summed E-state index contributed by atoms with van der Waals surface area (Å²) < 4.78 is 1.60. The van der Waals surface area contributed by atoms with Gasteiger partial charge in [0.05, 0.1) is 18.3 Å². The number of halogens is 1. The van der Waals surface area contributed by atoms with E-state index in [2.05, 4.69) is 5.10 Å². The van der Waals surface area contributed by atoms with E-state index in [9.17, 15) is 4.79 Å². The predicted molar refractivity (Wildman–Crippen MR) is 57.0 cm³/mol. The maximum atomic E-state index is 10.6. The van der Waals surface area contributed by atoms with E-state index in [-0.39, 0.29) is 6.54 Å². The van der Waals surface area contributed by atoms with Gasteiger partial charge in [0, 0.05) is 5.39 Å². The van der Waals surface area contributed by atoms with Crippen LogP contribution < -0.4 is 0 Å². The van der Waals surface area contributed by atoms with E-state index >= 15 is 0 Å². The van der Waals surface area contributed by atoms with Crippen molar-refractivity contribution in [3.63, 3.8) is 0 Å².